The first-order chi connectivity index (χ1) is 11.8. The molecular weight excluding hydrogens is 314 g/mol. The van der Waals surface area contributed by atoms with Gasteiger partial charge in [-0.15, -0.1) is 0 Å². The fraction of sp³-hybridized carbons (Fsp3) is 0.200. The van der Waals surface area contributed by atoms with E-state index in [9.17, 15) is 4.79 Å². The van der Waals surface area contributed by atoms with Crippen LogP contribution in [-0.4, -0.2) is 21.5 Å². The van der Waals surface area contributed by atoms with Crippen LogP contribution in [0.2, 0.25) is 0 Å². The summed E-state index contributed by atoms with van der Waals surface area (Å²) in [6.45, 7) is 5.46. The summed E-state index contributed by atoms with van der Waals surface area (Å²) < 4.78 is 6.71. The summed E-state index contributed by atoms with van der Waals surface area (Å²) in [6, 6.07) is 15.3. The minimum atomic E-state index is -0.601. The molecule has 0 fully saturated rings. The summed E-state index contributed by atoms with van der Waals surface area (Å²) in [5, 5.41) is 5.27. The van der Waals surface area contributed by atoms with Crippen LogP contribution < -0.4 is 5.73 Å². The molecule has 2 N–H and O–H groups in total. The van der Waals surface area contributed by atoms with E-state index in [0.717, 1.165) is 10.9 Å². The van der Waals surface area contributed by atoms with E-state index in [-0.39, 0.29) is 0 Å². The van der Waals surface area contributed by atoms with Gasteiger partial charge in [-0.05, 0) is 50.6 Å². The van der Waals surface area contributed by atoms with Crippen LogP contribution in [0, 0.1) is 0 Å². The lowest BCUT2D eigenvalue weighted by Crippen LogP contribution is -2.27. The molecule has 1 aromatic heterocycles. The Morgan fingerprint density at radius 3 is 2.52 bits per heavy atom. The molecule has 5 nitrogen and oxygen atoms in total. The van der Waals surface area contributed by atoms with Crippen LogP contribution in [0.3, 0.4) is 0 Å². The van der Waals surface area contributed by atoms with E-state index in [1.807, 2.05) is 69.3 Å². The van der Waals surface area contributed by atoms with Gasteiger partial charge in [-0.25, -0.2) is 4.79 Å². The molecule has 5 heteroatoms. The lowest BCUT2D eigenvalue weighted by atomic mass is 10.1. The first-order valence-corrected chi connectivity index (χ1v) is 8.08. The van der Waals surface area contributed by atoms with Crippen LogP contribution in [0.1, 0.15) is 32.0 Å². The fourth-order valence-electron chi connectivity index (χ4n) is 2.46. The Hall–Kier alpha value is -3.08. The number of rotatable bonds is 2. The third-order valence-electron chi connectivity index (χ3n) is 3.53. The van der Waals surface area contributed by atoms with Crippen LogP contribution in [0.25, 0.3) is 23.1 Å². The van der Waals surface area contributed by atoms with Crippen molar-refractivity contribution in [1.29, 1.82) is 0 Å². The maximum atomic E-state index is 12.5. The van der Waals surface area contributed by atoms with Gasteiger partial charge < -0.3 is 10.5 Å². The van der Waals surface area contributed by atoms with Gasteiger partial charge in [0.2, 0.25) is 0 Å². The lowest BCUT2D eigenvalue weighted by molar-refractivity contribution is 0.0522. The van der Waals surface area contributed by atoms with Gasteiger partial charge in [-0.3, -0.25) is 0 Å². The smallest absolute Gasteiger partial charge is 0.435 e. The van der Waals surface area contributed by atoms with E-state index in [1.54, 1.807) is 12.1 Å². The van der Waals surface area contributed by atoms with E-state index >= 15 is 0 Å². The van der Waals surface area contributed by atoms with Crippen molar-refractivity contribution in [3.63, 3.8) is 0 Å². The molecule has 0 amide bonds. The molecule has 0 bridgehead atoms. The van der Waals surface area contributed by atoms with Crippen LogP contribution in [-0.2, 0) is 4.74 Å². The minimum absolute atomic E-state index is 0.525. The van der Waals surface area contributed by atoms with E-state index in [2.05, 4.69) is 5.10 Å². The Morgan fingerprint density at radius 2 is 1.84 bits per heavy atom. The van der Waals surface area contributed by atoms with Crippen molar-refractivity contribution in [3.05, 3.63) is 59.8 Å². The lowest BCUT2D eigenvalue weighted by Gasteiger charge is -2.19. The third kappa shape index (κ3) is 3.88. The van der Waals surface area contributed by atoms with Gasteiger partial charge in [-0.2, -0.15) is 9.78 Å². The van der Waals surface area contributed by atoms with Gasteiger partial charge in [-0.1, -0.05) is 36.4 Å². The third-order valence-corrected chi connectivity index (χ3v) is 3.53. The van der Waals surface area contributed by atoms with E-state index in [1.165, 1.54) is 4.68 Å². The first-order valence-electron chi connectivity index (χ1n) is 8.08. The van der Waals surface area contributed by atoms with Gasteiger partial charge in [0.25, 0.3) is 0 Å². The van der Waals surface area contributed by atoms with Gasteiger partial charge in [0.05, 0.1) is 11.2 Å². The Kier molecular flexibility index (Phi) is 4.31. The van der Waals surface area contributed by atoms with Crippen molar-refractivity contribution in [2.24, 2.45) is 0 Å². The first kappa shape index (κ1) is 16.8. The van der Waals surface area contributed by atoms with Crippen LogP contribution in [0.4, 0.5) is 10.5 Å². The van der Waals surface area contributed by atoms with Crippen molar-refractivity contribution in [2.45, 2.75) is 26.4 Å². The zero-order valence-corrected chi connectivity index (χ0v) is 14.6. The molecule has 0 aliphatic rings. The number of carbonyl (C=O) groups excluding carboxylic acids is 1. The van der Waals surface area contributed by atoms with Crippen molar-refractivity contribution in [1.82, 2.24) is 9.78 Å². The molecule has 0 aliphatic heterocycles. The van der Waals surface area contributed by atoms with Crippen LogP contribution in [0.5, 0.6) is 0 Å². The van der Waals surface area contributed by atoms with Crippen LogP contribution in [0.15, 0.2) is 48.5 Å². The number of carbonyl (C=O) groups is 1. The van der Waals surface area contributed by atoms with Crippen molar-refractivity contribution < 1.29 is 9.53 Å². The highest BCUT2D eigenvalue weighted by Crippen LogP contribution is 2.24. The number of nitrogens with zero attached hydrogens (tertiary/aromatic N) is 2. The number of nitrogens with two attached hydrogens (primary N) is 1. The maximum absolute atomic E-state index is 12.5. The fourth-order valence-corrected chi connectivity index (χ4v) is 2.46. The number of aromatic nitrogens is 2. The van der Waals surface area contributed by atoms with Gasteiger partial charge >= 0.3 is 6.09 Å². The summed E-state index contributed by atoms with van der Waals surface area (Å²) >= 11 is 0. The predicted octanol–water partition coefficient (Wildman–Crippen LogP) is 4.57. The zero-order valence-electron chi connectivity index (χ0n) is 14.6. The Bertz CT molecular complexity index is 935. The SMILES string of the molecule is CC(C)(C)OC(=O)n1nc(/C=C/c2ccccc2)c2ccc(N)cc21. The van der Waals surface area contributed by atoms with Gasteiger partial charge in [0.15, 0.2) is 0 Å². The summed E-state index contributed by atoms with van der Waals surface area (Å²) in [4.78, 5) is 12.5. The Balaban J connectivity index is 2.05. The van der Waals surface area contributed by atoms with E-state index in [4.69, 9.17) is 10.5 Å². The number of nitrogen functional groups attached to an aromatic ring is 1. The van der Waals surface area contributed by atoms with E-state index in [0.29, 0.717) is 16.9 Å². The molecule has 25 heavy (non-hydrogen) atoms. The standard InChI is InChI=1S/C20H21N3O2/c1-20(2,3)25-19(24)23-18-13-15(21)10-11-16(18)17(22-23)12-9-14-7-5-4-6-8-14/h4-13H,21H2,1-3H3/b12-9+. The van der Waals surface area contributed by atoms with E-state index < -0.39 is 11.7 Å². The maximum Gasteiger partial charge on any atom is 0.435 e. The van der Waals surface area contributed by atoms with Crippen molar-refractivity contribution in [2.75, 3.05) is 5.73 Å². The van der Waals surface area contributed by atoms with Gasteiger partial charge in [0, 0.05) is 11.1 Å². The minimum Gasteiger partial charge on any atom is -0.442 e. The molecule has 1 heterocycles. The Morgan fingerprint density at radius 1 is 1.12 bits per heavy atom. The molecule has 0 radical (unpaired) electrons. The number of fused-ring (bicyclic) bond motifs is 1. The Labute approximate surface area is 146 Å². The molecule has 0 saturated carbocycles. The summed E-state index contributed by atoms with van der Waals surface area (Å²) in [6.07, 6.45) is 3.31. The number of hydrogen-bond donors (Lipinski definition) is 1. The second-order valence-corrected chi connectivity index (χ2v) is 6.80. The monoisotopic (exact) mass is 335 g/mol. The predicted molar refractivity (Wildman–Crippen MR) is 101 cm³/mol. The molecular formula is C20H21N3O2. The highest BCUT2D eigenvalue weighted by molar-refractivity contribution is 5.96. The number of benzene rings is 2. The molecule has 128 valence electrons. The summed E-state index contributed by atoms with van der Waals surface area (Å²) in [7, 11) is 0. The second-order valence-electron chi connectivity index (χ2n) is 6.80. The quantitative estimate of drug-likeness (QED) is 0.696. The number of hydrogen-bond acceptors (Lipinski definition) is 4. The number of ether oxygens (including phenoxy) is 1. The van der Waals surface area contributed by atoms with Crippen LogP contribution >= 0.6 is 0 Å². The second kappa shape index (κ2) is 6.43. The van der Waals surface area contributed by atoms with Gasteiger partial charge in [0.1, 0.15) is 5.60 Å². The van der Waals surface area contributed by atoms with Crippen molar-refractivity contribution >= 4 is 34.8 Å². The largest absolute Gasteiger partial charge is 0.442 e. The molecule has 3 rings (SSSR count). The normalized spacial score (nSPS) is 12.0. The molecule has 0 aliphatic carbocycles. The molecule has 0 spiro atoms. The average molecular weight is 335 g/mol. The molecule has 0 unspecified atom stereocenters. The molecule has 0 atom stereocenters. The highest BCUT2D eigenvalue weighted by Gasteiger charge is 2.21. The summed E-state index contributed by atoms with van der Waals surface area (Å²) in [5.41, 5.74) is 8.21. The summed E-state index contributed by atoms with van der Waals surface area (Å²) in [5.74, 6) is 0. The molecule has 2 aromatic carbocycles. The average Bonchev–Trinajstić information content (AvgIpc) is 2.90. The molecule has 0 saturated heterocycles. The highest BCUT2D eigenvalue weighted by atomic mass is 16.6. The number of anilines is 1. The van der Waals surface area contributed by atoms with Crippen molar-refractivity contribution in [3.8, 4) is 0 Å². The zero-order chi connectivity index (χ0) is 18.0. The topological polar surface area (TPSA) is 70.1 Å². The molecule has 3 aromatic rings.